The molecule has 1 rings (SSSR count). The molecule has 1 aliphatic rings. The van der Waals surface area contributed by atoms with Gasteiger partial charge in [0, 0.05) is 32.2 Å². The third-order valence-corrected chi connectivity index (χ3v) is 3.71. The standard InChI is InChI=1S/C13H27N3O2/c1-4-6-14-12(13(17)18)10-16-8-7-15(3)11(5-2)9-16/h11-12,14H,4-10H2,1-3H3,(H,17,18). The van der Waals surface area contributed by atoms with Crippen molar-refractivity contribution in [3.05, 3.63) is 0 Å². The van der Waals surface area contributed by atoms with Gasteiger partial charge in [-0.15, -0.1) is 0 Å². The van der Waals surface area contributed by atoms with Crippen LogP contribution in [0.25, 0.3) is 0 Å². The van der Waals surface area contributed by atoms with Crippen LogP contribution in [0.2, 0.25) is 0 Å². The topological polar surface area (TPSA) is 55.8 Å². The van der Waals surface area contributed by atoms with E-state index in [1.54, 1.807) is 0 Å². The Morgan fingerprint density at radius 2 is 2.17 bits per heavy atom. The highest BCUT2D eigenvalue weighted by atomic mass is 16.4. The highest BCUT2D eigenvalue weighted by Gasteiger charge is 2.26. The number of rotatable bonds is 7. The van der Waals surface area contributed by atoms with Crippen LogP contribution in [0.1, 0.15) is 26.7 Å². The Balaban J connectivity index is 2.46. The van der Waals surface area contributed by atoms with Gasteiger partial charge < -0.3 is 15.3 Å². The van der Waals surface area contributed by atoms with Gasteiger partial charge in [0.25, 0.3) is 0 Å². The lowest BCUT2D eigenvalue weighted by Gasteiger charge is -2.40. The van der Waals surface area contributed by atoms with Crippen molar-refractivity contribution in [2.75, 3.05) is 39.8 Å². The first-order chi connectivity index (χ1) is 8.58. The molecule has 2 N–H and O–H groups in total. The van der Waals surface area contributed by atoms with Crippen molar-refractivity contribution in [3.63, 3.8) is 0 Å². The predicted octanol–water partition coefficient (Wildman–Crippen LogP) is 0.465. The van der Waals surface area contributed by atoms with Gasteiger partial charge >= 0.3 is 5.97 Å². The van der Waals surface area contributed by atoms with Crippen LogP contribution in [0, 0.1) is 0 Å². The van der Waals surface area contributed by atoms with E-state index in [0.717, 1.165) is 39.0 Å². The monoisotopic (exact) mass is 257 g/mol. The van der Waals surface area contributed by atoms with Gasteiger partial charge in [0.2, 0.25) is 0 Å². The minimum absolute atomic E-state index is 0.439. The maximum atomic E-state index is 11.2. The summed E-state index contributed by atoms with van der Waals surface area (Å²) in [4.78, 5) is 15.8. The maximum absolute atomic E-state index is 11.2. The van der Waals surface area contributed by atoms with E-state index in [9.17, 15) is 9.90 Å². The van der Waals surface area contributed by atoms with E-state index in [1.165, 1.54) is 0 Å². The number of piperazine rings is 1. The third kappa shape index (κ3) is 4.55. The van der Waals surface area contributed by atoms with Gasteiger partial charge in [0.05, 0.1) is 0 Å². The summed E-state index contributed by atoms with van der Waals surface area (Å²) in [5.74, 6) is -0.740. The smallest absolute Gasteiger partial charge is 0.322 e. The number of nitrogens with one attached hydrogen (secondary N) is 1. The fourth-order valence-electron chi connectivity index (χ4n) is 2.42. The van der Waals surface area contributed by atoms with Gasteiger partial charge in [-0.05, 0) is 26.4 Å². The molecule has 1 fully saturated rings. The summed E-state index contributed by atoms with van der Waals surface area (Å²) >= 11 is 0. The number of likely N-dealkylation sites (N-methyl/N-ethyl adjacent to an activating group) is 1. The summed E-state index contributed by atoms with van der Waals surface area (Å²) in [5.41, 5.74) is 0. The number of hydrogen-bond acceptors (Lipinski definition) is 4. The van der Waals surface area contributed by atoms with Crippen LogP contribution in [0.4, 0.5) is 0 Å². The molecule has 0 aliphatic carbocycles. The molecular weight excluding hydrogens is 230 g/mol. The summed E-state index contributed by atoms with van der Waals surface area (Å²) < 4.78 is 0. The average Bonchev–Trinajstić information content (AvgIpc) is 2.36. The number of carboxylic acid groups (broad SMARTS) is 1. The molecule has 0 amide bonds. The maximum Gasteiger partial charge on any atom is 0.322 e. The van der Waals surface area contributed by atoms with Crippen molar-refractivity contribution in [2.24, 2.45) is 0 Å². The number of aliphatic carboxylic acids is 1. The number of carbonyl (C=O) groups is 1. The summed E-state index contributed by atoms with van der Waals surface area (Å²) in [6.07, 6.45) is 2.08. The van der Waals surface area contributed by atoms with E-state index < -0.39 is 12.0 Å². The van der Waals surface area contributed by atoms with E-state index in [4.69, 9.17) is 0 Å². The third-order valence-electron chi connectivity index (χ3n) is 3.71. The van der Waals surface area contributed by atoms with E-state index >= 15 is 0 Å². The second-order valence-electron chi connectivity index (χ2n) is 5.15. The zero-order valence-corrected chi connectivity index (χ0v) is 11.9. The Hall–Kier alpha value is -0.650. The quantitative estimate of drug-likeness (QED) is 0.694. The number of hydrogen-bond donors (Lipinski definition) is 2. The van der Waals surface area contributed by atoms with Crippen LogP contribution in [-0.4, -0.2) is 72.7 Å². The van der Waals surface area contributed by atoms with Crippen molar-refractivity contribution >= 4 is 5.97 Å². The lowest BCUT2D eigenvalue weighted by molar-refractivity contribution is -0.140. The second kappa shape index (κ2) is 7.71. The molecule has 0 aromatic heterocycles. The molecule has 2 atom stereocenters. The Morgan fingerprint density at radius 1 is 1.44 bits per heavy atom. The van der Waals surface area contributed by atoms with Crippen molar-refractivity contribution in [1.82, 2.24) is 15.1 Å². The molecule has 0 radical (unpaired) electrons. The van der Waals surface area contributed by atoms with E-state index in [0.29, 0.717) is 12.6 Å². The molecule has 0 saturated carbocycles. The van der Waals surface area contributed by atoms with Gasteiger partial charge in [-0.3, -0.25) is 9.69 Å². The summed E-state index contributed by atoms with van der Waals surface area (Å²) in [7, 11) is 2.15. The Morgan fingerprint density at radius 3 is 2.72 bits per heavy atom. The fourth-order valence-corrected chi connectivity index (χ4v) is 2.42. The highest BCUT2D eigenvalue weighted by Crippen LogP contribution is 2.11. The molecule has 0 bridgehead atoms. The van der Waals surface area contributed by atoms with Crippen LogP contribution in [0.3, 0.4) is 0 Å². The zero-order valence-electron chi connectivity index (χ0n) is 11.9. The van der Waals surface area contributed by atoms with Gasteiger partial charge in [-0.1, -0.05) is 13.8 Å². The number of nitrogens with zero attached hydrogens (tertiary/aromatic N) is 2. The summed E-state index contributed by atoms with van der Waals surface area (Å²) in [6.45, 7) is 8.58. The second-order valence-corrected chi connectivity index (χ2v) is 5.15. The molecule has 1 aliphatic heterocycles. The zero-order chi connectivity index (χ0) is 13.5. The first-order valence-corrected chi connectivity index (χ1v) is 6.97. The van der Waals surface area contributed by atoms with Gasteiger partial charge in [-0.25, -0.2) is 0 Å². The summed E-state index contributed by atoms with van der Waals surface area (Å²) in [6, 6.07) is 0.116. The minimum Gasteiger partial charge on any atom is -0.480 e. The first kappa shape index (κ1) is 15.4. The largest absolute Gasteiger partial charge is 0.480 e. The van der Waals surface area contributed by atoms with Gasteiger partial charge in [-0.2, -0.15) is 0 Å². The molecule has 18 heavy (non-hydrogen) atoms. The molecule has 106 valence electrons. The first-order valence-electron chi connectivity index (χ1n) is 6.97. The minimum atomic E-state index is -0.740. The molecule has 5 nitrogen and oxygen atoms in total. The lowest BCUT2D eigenvalue weighted by atomic mass is 10.1. The van der Waals surface area contributed by atoms with Crippen molar-refractivity contribution in [1.29, 1.82) is 0 Å². The highest BCUT2D eigenvalue weighted by molar-refractivity contribution is 5.73. The Bertz CT molecular complexity index is 261. The van der Waals surface area contributed by atoms with Crippen LogP contribution in [0.15, 0.2) is 0 Å². The molecule has 0 aromatic carbocycles. The normalized spacial score (nSPS) is 24.1. The van der Waals surface area contributed by atoms with Crippen LogP contribution in [-0.2, 0) is 4.79 Å². The average molecular weight is 257 g/mol. The molecule has 2 unspecified atom stereocenters. The van der Waals surface area contributed by atoms with Gasteiger partial charge in [0.1, 0.15) is 6.04 Å². The SMILES string of the molecule is CCCNC(CN1CCN(C)C(CC)C1)C(=O)O. The van der Waals surface area contributed by atoms with Crippen LogP contribution < -0.4 is 5.32 Å². The van der Waals surface area contributed by atoms with E-state index in [-0.39, 0.29) is 0 Å². The predicted molar refractivity (Wildman–Crippen MR) is 72.9 cm³/mol. The van der Waals surface area contributed by atoms with Gasteiger partial charge in [0.15, 0.2) is 0 Å². The molecule has 0 aromatic rings. The van der Waals surface area contributed by atoms with Crippen LogP contribution >= 0.6 is 0 Å². The molecule has 1 saturated heterocycles. The molecular formula is C13H27N3O2. The Kier molecular flexibility index (Phi) is 6.60. The van der Waals surface area contributed by atoms with Crippen molar-refractivity contribution in [3.8, 4) is 0 Å². The van der Waals surface area contributed by atoms with E-state index in [2.05, 4.69) is 36.0 Å². The lowest BCUT2D eigenvalue weighted by Crippen LogP contribution is -2.55. The van der Waals surface area contributed by atoms with E-state index in [1.807, 2.05) is 0 Å². The van der Waals surface area contributed by atoms with Crippen LogP contribution in [0.5, 0.6) is 0 Å². The Labute approximate surface area is 110 Å². The number of carboxylic acids is 1. The van der Waals surface area contributed by atoms with Crippen molar-refractivity contribution < 1.29 is 9.90 Å². The fraction of sp³-hybridized carbons (Fsp3) is 0.923. The molecule has 5 heteroatoms. The molecule has 1 heterocycles. The summed E-state index contributed by atoms with van der Waals surface area (Å²) in [5, 5.41) is 12.3. The molecule has 0 spiro atoms. The van der Waals surface area contributed by atoms with Crippen molar-refractivity contribution in [2.45, 2.75) is 38.8 Å².